The fraction of sp³-hybridized carbons (Fsp3) is 0.200. The summed E-state index contributed by atoms with van der Waals surface area (Å²) in [5.41, 5.74) is 5.13. The third kappa shape index (κ3) is 2.23. The number of halogens is 1. The molecule has 0 saturated heterocycles. The molecule has 0 atom stereocenters. The lowest BCUT2D eigenvalue weighted by Crippen LogP contribution is -1.92. The van der Waals surface area contributed by atoms with Crippen LogP contribution in [0.4, 0.5) is 0 Å². The van der Waals surface area contributed by atoms with Crippen molar-refractivity contribution in [3.63, 3.8) is 0 Å². The predicted octanol–water partition coefficient (Wildman–Crippen LogP) is 4.05. The van der Waals surface area contributed by atoms with Crippen LogP contribution in [0.3, 0.4) is 0 Å². The van der Waals surface area contributed by atoms with Crippen molar-refractivity contribution in [3.8, 4) is 22.8 Å². The Bertz CT molecular complexity index is 709. The minimum absolute atomic E-state index is 0.670. The van der Waals surface area contributed by atoms with Crippen molar-refractivity contribution in [2.75, 3.05) is 0 Å². The van der Waals surface area contributed by atoms with Gasteiger partial charge in [-0.05, 0) is 38.5 Å². The maximum Gasteiger partial charge on any atom is 0.137 e. The largest absolute Gasteiger partial charge is 0.342 e. The number of benzene rings is 1. The van der Waals surface area contributed by atoms with E-state index in [1.54, 1.807) is 0 Å². The standard InChI is InChI=1S/C15H15ClN4/c1-8-6-17-14(19-8)12-4-11(16)5-13(10(12)3)15-18-7-9(2)20-15/h4-7H,1-3H3,(H,17,19)(H,18,20). The Morgan fingerprint density at radius 3 is 1.65 bits per heavy atom. The Morgan fingerprint density at radius 2 is 1.30 bits per heavy atom. The van der Waals surface area contributed by atoms with Gasteiger partial charge in [-0.1, -0.05) is 11.6 Å². The molecule has 0 radical (unpaired) electrons. The second-order valence-electron chi connectivity index (χ2n) is 4.96. The van der Waals surface area contributed by atoms with Gasteiger partial charge in [0.1, 0.15) is 11.6 Å². The van der Waals surface area contributed by atoms with Crippen LogP contribution in [0, 0.1) is 20.8 Å². The molecule has 2 heterocycles. The van der Waals surface area contributed by atoms with Crippen molar-refractivity contribution in [2.24, 2.45) is 0 Å². The van der Waals surface area contributed by atoms with Gasteiger partial charge in [0.25, 0.3) is 0 Å². The Hall–Kier alpha value is -2.07. The van der Waals surface area contributed by atoms with Crippen molar-refractivity contribution in [1.82, 2.24) is 19.9 Å². The van der Waals surface area contributed by atoms with Crippen molar-refractivity contribution < 1.29 is 0 Å². The first-order valence-electron chi connectivity index (χ1n) is 6.38. The van der Waals surface area contributed by atoms with Gasteiger partial charge < -0.3 is 9.97 Å². The molecular formula is C15H15ClN4. The number of H-pyrrole nitrogens is 2. The summed E-state index contributed by atoms with van der Waals surface area (Å²) in [5.74, 6) is 1.65. The zero-order chi connectivity index (χ0) is 14.3. The number of aryl methyl sites for hydroxylation is 2. The SMILES string of the molecule is Cc1cnc(-c2cc(Cl)cc(-c3ncc(C)[nH]3)c2C)[nH]1. The van der Waals surface area contributed by atoms with Gasteiger partial charge in [0.2, 0.25) is 0 Å². The quantitative estimate of drug-likeness (QED) is 0.747. The van der Waals surface area contributed by atoms with Crippen LogP contribution in [0.1, 0.15) is 17.0 Å². The first-order chi connectivity index (χ1) is 9.54. The number of nitrogens with one attached hydrogen (secondary N) is 2. The molecule has 3 rings (SSSR count). The van der Waals surface area contributed by atoms with Gasteiger partial charge in [0.15, 0.2) is 0 Å². The van der Waals surface area contributed by atoms with E-state index in [1.807, 2.05) is 38.4 Å². The van der Waals surface area contributed by atoms with Crippen LogP contribution in [0.5, 0.6) is 0 Å². The summed E-state index contributed by atoms with van der Waals surface area (Å²) >= 11 is 6.25. The fourth-order valence-corrected chi connectivity index (χ4v) is 2.49. The second kappa shape index (κ2) is 4.80. The van der Waals surface area contributed by atoms with Crippen molar-refractivity contribution in [1.29, 1.82) is 0 Å². The second-order valence-corrected chi connectivity index (χ2v) is 5.39. The molecule has 0 aliphatic carbocycles. The minimum atomic E-state index is 0.670. The maximum atomic E-state index is 6.25. The molecule has 2 N–H and O–H groups in total. The topological polar surface area (TPSA) is 57.4 Å². The van der Waals surface area contributed by atoms with E-state index < -0.39 is 0 Å². The van der Waals surface area contributed by atoms with Crippen LogP contribution < -0.4 is 0 Å². The predicted molar refractivity (Wildman–Crippen MR) is 80.8 cm³/mol. The van der Waals surface area contributed by atoms with E-state index in [1.165, 1.54) is 0 Å². The van der Waals surface area contributed by atoms with Gasteiger partial charge in [-0.15, -0.1) is 0 Å². The summed E-state index contributed by atoms with van der Waals surface area (Å²) in [6, 6.07) is 3.85. The molecular weight excluding hydrogens is 272 g/mol. The molecule has 4 nitrogen and oxygen atoms in total. The smallest absolute Gasteiger partial charge is 0.137 e. The van der Waals surface area contributed by atoms with Crippen molar-refractivity contribution in [3.05, 3.63) is 46.5 Å². The molecule has 20 heavy (non-hydrogen) atoms. The first kappa shape index (κ1) is 12.9. The van der Waals surface area contributed by atoms with Crippen LogP contribution in [0.2, 0.25) is 5.02 Å². The average molecular weight is 287 g/mol. The highest BCUT2D eigenvalue weighted by Crippen LogP contribution is 2.32. The lowest BCUT2D eigenvalue weighted by atomic mass is 10.0. The molecule has 0 fully saturated rings. The molecule has 5 heteroatoms. The van der Waals surface area contributed by atoms with E-state index in [-0.39, 0.29) is 0 Å². The number of hydrogen-bond acceptors (Lipinski definition) is 2. The highest BCUT2D eigenvalue weighted by atomic mass is 35.5. The molecule has 0 aliphatic heterocycles. The molecule has 1 aromatic carbocycles. The number of imidazole rings is 2. The molecule has 102 valence electrons. The van der Waals surface area contributed by atoms with Gasteiger partial charge in [-0.3, -0.25) is 0 Å². The number of rotatable bonds is 2. The molecule has 0 bridgehead atoms. The van der Waals surface area contributed by atoms with Crippen molar-refractivity contribution in [2.45, 2.75) is 20.8 Å². The molecule has 3 aromatic rings. The highest BCUT2D eigenvalue weighted by molar-refractivity contribution is 6.31. The van der Waals surface area contributed by atoms with Crippen LogP contribution >= 0.6 is 11.6 Å². The summed E-state index contributed by atoms with van der Waals surface area (Å²) in [6.07, 6.45) is 3.62. The van der Waals surface area contributed by atoms with Crippen molar-refractivity contribution >= 4 is 11.6 Å². The Kier molecular flexibility index (Phi) is 3.10. The summed E-state index contributed by atoms with van der Waals surface area (Å²) in [4.78, 5) is 15.3. The summed E-state index contributed by atoms with van der Waals surface area (Å²) in [7, 11) is 0. The zero-order valence-corrected chi connectivity index (χ0v) is 12.3. The van der Waals surface area contributed by atoms with E-state index in [2.05, 4.69) is 26.9 Å². The molecule has 2 aromatic heterocycles. The van der Waals surface area contributed by atoms with E-state index in [0.717, 1.165) is 39.7 Å². The first-order valence-corrected chi connectivity index (χ1v) is 6.76. The monoisotopic (exact) mass is 286 g/mol. The number of aromatic nitrogens is 4. The zero-order valence-electron chi connectivity index (χ0n) is 11.6. The Morgan fingerprint density at radius 1 is 0.850 bits per heavy atom. The van der Waals surface area contributed by atoms with Gasteiger partial charge in [-0.25, -0.2) is 9.97 Å². The summed E-state index contributed by atoms with van der Waals surface area (Å²) in [6.45, 7) is 6.01. The Labute approximate surface area is 122 Å². The summed E-state index contributed by atoms with van der Waals surface area (Å²) in [5, 5.41) is 0.670. The lowest BCUT2D eigenvalue weighted by molar-refractivity contribution is 1.22. The van der Waals surface area contributed by atoms with Gasteiger partial charge in [-0.2, -0.15) is 0 Å². The van der Waals surface area contributed by atoms with Gasteiger partial charge >= 0.3 is 0 Å². The third-order valence-corrected chi connectivity index (χ3v) is 3.51. The van der Waals surface area contributed by atoms with Crippen LogP contribution in [-0.2, 0) is 0 Å². The number of hydrogen-bond donors (Lipinski definition) is 2. The van der Waals surface area contributed by atoms with E-state index >= 15 is 0 Å². The molecule has 0 saturated carbocycles. The van der Waals surface area contributed by atoms with E-state index in [4.69, 9.17) is 11.6 Å². The Balaban J connectivity index is 2.20. The lowest BCUT2D eigenvalue weighted by Gasteiger charge is -2.09. The molecule has 0 spiro atoms. The average Bonchev–Trinajstić information content (AvgIpc) is 3.01. The van der Waals surface area contributed by atoms with E-state index in [0.29, 0.717) is 5.02 Å². The normalized spacial score (nSPS) is 11.0. The maximum absolute atomic E-state index is 6.25. The highest BCUT2D eigenvalue weighted by Gasteiger charge is 2.14. The van der Waals surface area contributed by atoms with Gasteiger partial charge in [0.05, 0.1) is 0 Å². The number of aromatic amines is 2. The molecule has 0 aliphatic rings. The van der Waals surface area contributed by atoms with Crippen LogP contribution in [0.15, 0.2) is 24.5 Å². The molecule has 0 unspecified atom stereocenters. The minimum Gasteiger partial charge on any atom is -0.342 e. The third-order valence-electron chi connectivity index (χ3n) is 3.29. The van der Waals surface area contributed by atoms with E-state index in [9.17, 15) is 0 Å². The molecule has 0 amide bonds. The van der Waals surface area contributed by atoms with Gasteiger partial charge in [0, 0.05) is 39.9 Å². The fourth-order valence-electron chi connectivity index (χ4n) is 2.27. The van der Waals surface area contributed by atoms with Crippen LogP contribution in [-0.4, -0.2) is 19.9 Å². The summed E-state index contributed by atoms with van der Waals surface area (Å²) < 4.78 is 0. The number of nitrogens with zero attached hydrogens (tertiary/aromatic N) is 2. The van der Waals surface area contributed by atoms with Crippen LogP contribution in [0.25, 0.3) is 22.8 Å².